The Balaban J connectivity index is 1.72. The molecule has 0 radical (unpaired) electrons. The third-order valence-electron chi connectivity index (χ3n) is 3.45. The molecular weight excluding hydrogens is 244 g/mol. The molecule has 0 aromatic carbocycles. The third-order valence-corrected chi connectivity index (χ3v) is 3.45. The van der Waals surface area contributed by atoms with E-state index in [1.165, 1.54) is 0 Å². The molecule has 1 saturated heterocycles. The van der Waals surface area contributed by atoms with E-state index in [1.54, 1.807) is 11.8 Å². The highest BCUT2D eigenvalue weighted by molar-refractivity contribution is 5.74. The number of rotatable bonds is 4. The molecule has 6 heteroatoms. The van der Waals surface area contributed by atoms with Gasteiger partial charge in [-0.15, -0.1) is 0 Å². The number of aryl methyl sites for hydroxylation is 1. The second kappa shape index (κ2) is 6.56. The van der Waals surface area contributed by atoms with E-state index in [0.29, 0.717) is 13.1 Å². The molecule has 1 aromatic rings. The first-order chi connectivity index (χ1) is 9.19. The van der Waals surface area contributed by atoms with Gasteiger partial charge in [0.2, 0.25) is 0 Å². The zero-order valence-corrected chi connectivity index (χ0v) is 11.6. The van der Waals surface area contributed by atoms with Crippen LogP contribution >= 0.6 is 0 Å². The number of carbonyl (C=O) groups is 1. The van der Waals surface area contributed by atoms with Gasteiger partial charge in [-0.2, -0.15) is 5.10 Å². The number of nitrogens with zero attached hydrogens (tertiary/aromatic N) is 3. The Labute approximate surface area is 113 Å². The lowest BCUT2D eigenvalue weighted by Gasteiger charge is -2.31. The van der Waals surface area contributed by atoms with Crippen LogP contribution in [0.1, 0.15) is 18.4 Å². The molecule has 0 aliphatic carbocycles. The van der Waals surface area contributed by atoms with Crippen molar-refractivity contribution in [3.05, 3.63) is 18.0 Å². The minimum absolute atomic E-state index is 0.00522. The van der Waals surface area contributed by atoms with Crippen molar-refractivity contribution in [2.45, 2.75) is 25.4 Å². The molecule has 1 fully saturated rings. The van der Waals surface area contributed by atoms with Crippen molar-refractivity contribution < 1.29 is 9.53 Å². The van der Waals surface area contributed by atoms with Gasteiger partial charge in [-0.1, -0.05) is 0 Å². The normalized spacial score (nSPS) is 19.5. The van der Waals surface area contributed by atoms with E-state index in [-0.39, 0.29) is 12.1 Å². The van der Waals surface area contributed by atoms with Crippen LogP contribution in [0.25, 0.3) is 0 Å². The Morgan fingerprint density at radius 1 is 1.63 bits per heavy atom. The average Bonchev–Trinajstić information content (AvgIpc) is 2.84. The molecule has 2 heterocycles. The van der Waals surface area contributed by atoms with E-state index in [9.17, 15) is 4.79 Å². The molecule has 2 amide bonds. The van der Waals surface area contributed by atoms with Gasteiger partial charge in [0.25, 0.3) is 0 Å². The molecule has 1 atom stereocenters. The Kier molecular flexibility index (Phi) is 4.79. The summed E-state index contributed by atoms with van der Waals surface area (Å²) in [7, 11) is 3.59. The number of urea groups is 1. The molecule has 1 N–H and O–H groups in total. The molecule has 1 aromatic heterocycles. The predicted octanol–water partition coefficient (Wildman–Crippen LogP) is 0.783. The summed E-state index contributed by atoms with van der Waals surface area (Å²) < 4.78 is 7.08. The van der Waals surface area contributed by atoms with Crippen LogP contribution in [0.2, 0.25) is 0 Å². The SMILES string of the molecule is COC1CCCN(C(=O)NCCc2cnn(C)c2)C1. The quantitative estimate of drug-likeness (QED) is 0.876. The van der Waals surface area contributed by atoms with Crippen LogP contribution in [0.4, 0.5) is 4.79 Å². The topological polar surface area (TPSA) is 59.4 Å². The number of hydrogen-bond donors (Lipinski definition) is 1. The number of nitrogens with one attached hydrogen (secondary N) is 1. The molecule has 6 nitrogen and oxygen atoms in total. The highest BCUT2D eigenvalue weighted by Gasteiger charge is 2.22. The third kappa shape index (κ3) is 3.96. The molecule has 0 bridgehead atoms. The second-order valence-corrected chi connectivity index (χ2v) is 4.95. The van der Waals surface area contributed by atoms with Crippen molar-refractivity contribution in [2.24, 2.45) is 7.05 Å². The van der Waals surface area contributed by atoms with Gasteiger partial charge < -0.3 is 15.0 Å². The van der Waals surface area contributed by atoms with Crippen LogP contribution in [0.3, 0.4) is 0 Å². The van der Waals surface area contributed by atoms with E-state index in [1.807, 2.05) is 24.3 Å². The molecule has 1 aliphatic heterocycles. The first-order valence-electron chi connectivity index (χ1n) is 6.72. The first kappa shape index (κ1) is 13.9. The van der Waals surface area contributed by atoms with Crippen molar-refractivity contribution >= 4 is 6.03 Å². The predicted molar refractivity (Wildman–Crippen MR) is 71.9 cm³/mol. The van der Waals surface area contributed by atoms with Crippen molar-refractivity contribution in [3.63, 3.8) is 0 Å². The lowest BCUT2D eigenvalue weighted by molar-refractivity contribution is 0.0435. The average molecular weight is 266 g/mol. The van der Waals surface area contributed by atoms with Gasteiger partial charge in [0.15, 0.2) is 0 Å². The van der Waals surface area contributed by atoms with Crippen LogP contribution in [0.15, 0.2) is 12.4 Å². The fraction of sp³-hybridized carbons (Fsp3) is 0.692. The van der Waals surface area contributed by atoms with Gasteiger partial charge in [-0.25, -0.2) is 4.79 Å². The van der Waals surface area contributed by atoms with Crippen molar-refractivity contribution in [1.82, 2.24) is 20.0 Å². The molecule has 0 spiro atoms. The van der Waals surface area contributed by atoms with E-state index >= 15 is 0 Å². The van der Waals surface area contributed by atoms with E-state index in [0.717, 1.165) is 31.4 Å². The summed E-state index contributed by atoms with van der Waals surface area (Å²) in [6.07, 6.45) is 6.83. The molecule has 1 unspecified atom stereocenters. The highest BCUT2D eigenvalue weighted by atomic mass is 16.5. The molecule has 2 rings (SSSR count). The molecule has 0 saturated carbocycles. The zero-order valence-electron chi connectivity index (χ0n) is 11.6. The Morgan fingerprint density at radius 3 is 3.16 bits per heavy atom. The fourth-order valence-electron chi connectivity index (χ4n) is 2.34. The lowest BCUT2D eigenvalue weighted by Crippen LogP contribution is -2.47. The van der Waals surface area contributed by atoms with Gasteiger partial charge in [0, 0.05) is 40.0 Å². The number of piperidine rings is 1. The molecular formula is C13H22N4O2. The maximum absolute atomic E-state index is 12.0. The summed E-state index contributed by atoms with van der Waals surface area (Å²) in [4.78, 5) is 13.8. The Bertz CT molecular complexity index is 419. The Morgan fingerprint density at radius 2 is 2.47 bits per heavy atom. The number of hydrogen-bond acceptors (Lipinski definition) is 3. The van der Waals surface area contributed by atoms with Gasteiger partial charge in [-0.3, -0.25) is 4.68 Å². The van der Waals surface area contributed by atoms with Crippen LogP contribution in [0.5, 0.6) is 0 Å². The Hall–Kier alpha value is -1.56. The lowest BCUT2D eigenvalue weighted by atomic mass is 10.1. The number of ether oxygens (including phenoxy) is 1. The van der Waals surface area contributed by atoms with E-state index in [2.05, 4.69) is 10.4 Å². The van der Waals surface area contributed by atoms with Gasteiger partial charge >= 0.3 is 6.03 Å². The summed E-state index contributed by atoms with van der Waals surface area (Å²) in [6, 6.07) is 0.00522. The summed E-state index contributed by atoms with van der Waals surface area (Å²) in [5.41, 5.74) is 1.14. The summed E-state index contributed by atoms with van der Waals surface area (Å²) in [5.74, 6) is 0. The number of methoxy groups -OCH3 is 1. The number of carbonyl (C=O) groups excluding carboxylic acids is 1. The van der Waals surface area contributed by atoms with Gasteiger partial charge in [0.1, 0.15) is 0 Å². The zero-order chi connectivity index (χ0) is 13.7. The highest BCUT2D eigenvalue weighted by Crippen LogP contribution is 2.12. The van der Waals surface area contributed by atoms with Gasteiger partial charge in [0.05, 0.1) is 12.3 Å². The summed E-state index contributed by atoms with van der Waals surface area (Å²) in [5, 5.41) is 7.05. The molecule has 19 heavy (non-hydrogen) atoms. The van der Waals surface area contributed by atoms with Crippen molar-refractivity contribution in [2.75, 3.05) is 26.7 Å². The van der Waals surface area contributed by atoms with Crippen LogP contribution < -0.4 is 5.32 Å². The summed E-state index contributed by atoms with van der Waals surface area (Å²) >= 11 is 0. The minimum Gasteiger partial charge on any atom is -0.380 e. The van der Waals surface area contributed by atoms with Crippen molar-refractivity contribution in [1.29, 1.82) is 0 Å². The minimum atomic E-state index is 0.00522. The molecule has 1 aliphatic rings. The fourth-order valence-corrected chi connectivity index (χ4v) is 2.34. The standard InChI is InChI=1S/C13H22N4O2/c1-16-9-11(8-15-16)5-6-14-13(18)17-7-3-4-12(10-17)19-2/h8-9,12H,3-7,10H2,1-2H3,(H,14,18). The van der Waals surface area contributed by atoms with Crippen molar-refractivity contribution in [3.8, 4) is 0 Å². The summed E-state index contributed by atoms with van der Waals surface area (Å²) in [6.45, 7) is 2.15. The maximum atomic E-state index is 12.0. The van der Waals surface area contributed by atoms with Crippen LogP contribution in [-0.4, -0.2) is 53.6 Å². The first-order valence-corrected chi connectivity index (χ1v) is 6.72. The number of aromatic nitrogens is 2. The number of amides is 2. The van der Waals surface area contributed by atoms with Crippen LogP contribution in [-0.2, 0) is 18.2 Å². The molecule has 106 valence electrons. The smallest absolute Gasteiger partial charge is 0.317 e. The van der Waals surface area contributed by atoms with E-state index < -0.39 is 0 Å². The second-order valence-electron chi connectivity index (χ2n) is 4.95. The maximum Gasteiger partial charge on any atom is 0.317 e. The van der Waals surface area contributed by atoms with Crippen LogP contribution in [0, 0.1) is 0 Å². The largest absolute Gasteiger partial charge is 0.380 e. The monoisotopic (exact) mass is 266 g/mol. The van der Waals surface area contributed by atoms with Gasteiger partial charge in [-0.05, 0) is 24.8 Å². The van der Waals surface area contributed by atoms with E-state index in [4.69, 9.17) is 4.74 Å². The number of likely N-dealkylation sites (tertiary alicyclic amines) is 1.